The van der Waals surface area contributed by atoms with Gasteiger partial charge in [-0.3, -0.25) is 4.68 Å². The first-order valence-electron chi connectivity index (χ1n) is 6.93. The number of nitrogens with one attached hydrogen (secondary N) is 1. The van der Waals surface area contributed by atoms with Gasteiger partial charge in [0.2, 0.25) is 0 Å². The van der Waals surface area contributed by atoms with Crippen LogP contribution in [0.15, 0.2) is 65.1 Å². The van der Waals surface area contributed by atoms with E-state index in [0.717, 1.165) is 16.9 Å². The fraction of sp³-hybridized carbons (Fsp3) is 0.125. The summed E-state index contributed by atoms with van der Waals surface area (Å²) in [5.41, 5.74) is 2.30. The second kappa shape index (κ2) is 5.98. The minimum atomic E-state index is -3.55. The molecule has 0 aliphatic carbocycles. The second-order valence-electron chi connectivity index (χ2n) is 4.85. The van der Waals surface area contributed by atoms with Crippen LogP contribution in [0.4, 0.5) is 0 Å². The van der Waals surface area contributed by atoms with Crippen LogP contribution in [0.5, 0.6) is 0 Å². The third-order valence-electron chi connectivity index (χ3n) is 3.32. The zero-order valence-corrected chi connectivity index (χ0v) is 13.7. The number of nitrogens with zero attached hydrogens (tertiary/aromatic N) is 1. The van der Waals surface area contributed by atoms with Crippen LogP contribution in [-0.4, -0.2) is 13.1 Å². The van der Waals surface area contributed by atoms with Crippen molar-refractivity contribution >= 4 is 21.4 Å². The van der Waals surface area contributed by atoms with Gasteiger partial charge in [-0.05, 0) is 41.8 Å². The molecule has 1 N–H and O–H groups in total. The highest BCUT2D eigenvalue weighted by molar-refractivity contribution is 7.94. The van der Waals surface area contributed by atoms with Gasteiger partial charge in [0.1, 0.15) is 4.21 Å². The SMILES string of the molecule is CCc1ccc(-c2ccc(S(=O)(=O)Nn3cccc3)s2)cc1. The molecule has 6 heteroatoms. The Balaban J connectivity index is 1.86. The molecule has 0 atom stereocenters. The Hall–Kier alpha value is -2.05. The first kappa shape index (κ1) is 14.9. The number of hydrogen-bond acceptors (Lipinski definition) is 3. The van der Waals surface area contributed by atoms with Gasteiger partial charge >= 0.3 is 0 Å². The van der Waals surface area contributed by atoms with Crippen molar-refractivity contribution in [3.63, 3.8) is 0 Å². The normalized spacial score (nSPS) is 11.5. The fourth-order valence-corrected chi connectivity index (χ4v) is 4.40. The van der Waals surface area contributed by atoms with Crippen LogP contribution in [0.1, 0.15) is 12.5 Å². The van der Waals surface area contributed by atoms with Crippen molar-refractivity contribution in [3.8, 4) is 10.4 Å². The topological polar surface area (TPSA) is 51.1 Å². The van der Waals surface area contributed by atoms with Gasteiger partial charge in [0, 0.05) is 17.3 Å². The third-order valence-corrected chi connectivity index (χ3v) is 6.28. The van der Waals surface area contributed by atoms with E-state index in [1.807, 2.05) is 18.2 Å². The summed E-state index contributed by atoms with van der Waals surface area (Å²) >= 11 is 1.26. The van der Waals surface area contributed by atoms with Crippen LogP contribution in [0.2, 0.25) is 0 Å². The molecule has 0 radical (unpaired) electrons. The summed E-state index contributed by atoms with van der Waals surface area (Å²) in [6, 6.07) is 15.2. The van der Waals surface area contributed by atoms with E-state index < -0.39 is 10.0 Å². The van der Waals surface area contributed by atoms with Crippen LogP contribution in [0.25, 0.3) is 10.4 Å². The van der Waals surface area contributed by atoms with Crippen molar-refractivity contribution in [2.45, 2.75) is 17.6 Å². The maximum Gasteiger partial charge on any atom is 0.284 e. The highest BCUT2D eigenvalue weighted by Crippen LogP contribution is 2.31. The molecule has 0 bridgehead atoms. The van der Waals surface area contributed by atoms with Gasteiger partial charge in [0.05, 0.1) is 0 Å². The van der Waals surface area contributed by atoms with Gasteiger partial charge in [-0.25, -0.2) is 4.83 Å². The van der Waals surface area contributed by atoms with E-state index in [2.05, 4.69) is 23.9 Å². The molecule has 0 aliphatic rings. The monoisotopic (exact) mass is 332 g/mol. The number of aromatic nitrogens is 1. The molecule has 2 aromatic heterocycles. The molecular weight excluding hydrogens is 316 g/mol. The van der Waals surface area contributed by atoms with Gasteiger partial charge in [-0.15, -0.1) is 11.3 Å². The Morgan fingerprint density at radius 3 is 2.36 bits per heavy atom. The quantitative estimate of drug-likeness (QED) is 0.774. The van der Waals surface area contributed by atoms with E-state index in [4.69, 9.17) is 0 Å². The molecule has 4 nitrogen and oxygen atoms in total. The smallest absolute Gasteiger partial charge is 0.261 e. The predicted molar refractivity (Wildman–Crippen MR) is 90.1 cm³/mol. The molecule has 3 aromatic rings. The molecule has 0 amide bonds. The lowest BCUT2D eigenvalue weighted by atomic mass is 10.1. The molecule has 0 unspecified atom stereocenters. The minimum absolute atomic E-state index is 0.302. The van der Waals surface area contributed by atoms with Crippen LogP contribution < -0.4 is 4.83 Å². The van der Waals surface area contributed by atoms with Gasteiger partial charge in [0.25, 0.3) is 10.0 Å². The standard InChI is InChI=1S/C16H16N2O2S2/c1-2-13-5-7-14(8-6-13)15-9-10-16(21-15)22(19,20)17-18-11-3-4-12-18/h3-12,17H,2H2,1H3. The van der Waals surface area contributed by atoms with Crippen molar-refractivity contribution in [2.24, 2.45) is 0 Å². The van der Waals surface area contributed by atoms with Crippen molar-refractivity contribution in [1.82, 2.24) is 4.68 Å². The Kier molecular flexibility index (Phi) is 4.04. The number of benzene rings is 1. The van der Waals surface area contributed by atoms with Crippen molar-refractivity contribution in [3.05, 3.63) is 66.5 Å². The highest BCUT2D eigenvalue weighted by atomic mass is 32.2. The van der Waals surface area contributed by atoms with Crippen LogP contribution in [0.3, 0.4) is 0 Å². The molecule has 0 saturated heterocycles. The van der Waals surface area contributed by atoms with Gasteiger partial charge in [-0.1, -0.05) is 31.2 Å². The lowest BCUT2D eigenvalue weighted by molar-refractivity contribution is 0.597. The fourth-order valence-electron chi connectivity index (χ4n) is 2.10. The number of rotatable bonds is 5. The first-order chi connectivity index (χ1) is 10.6. The maximum absolute atomic E-state index is 12.3. The number of thiophene rings is 1. The van der Waals surface area contributed by atoms with Crippen molar-refractivity contribution in [2.75, 3.05) is 4.83 Å². The molecular formula is C16H16N2O2S2. The molecule has 0 spiro atoms. The van der Waals surface area contributed by atoms with Crippen LogP contribution >= 0.6 is 11.3 Å². The number of hydrogen-bond donors (Lipinski definition) is 1. The van der Waals surface area contributed by atoms with Crippen LogP contribution in [0, 0.1) is 0 Å². The maximum atomic E-state index is 12.3. The zero-order chi connectivity index (χ0) is 15.6. The minimum Gasteiger partial charge on any atom is -0.261 e. The average Bonchev–Trinajstić information content (AvgIpc) is 3.18. The van der Waals surface area contributed by atoms with Crippen LogP contribution in [-0.2, 0) is 16.4 Å². The summed E-state index contributed by atoms with van der Waals surface area (Å²) in [5.74, 6) is 0. The summed E-state index contributed by atoms with van der Waals surface area (Å²) in [4.78, 5) is 3.44. The average molecular weight is 332 g/mol. The first-order valence-corrected chi connectivity index (χ1v) is 9.23. The largest absolute Gasteiger partial charge is 0.284 e. The van der Waals surface area contributed by atoms with E-state index >= 15 is 0 Å². The summed E-state index contributed by atoms with van der Waals surface area (Å²) in [5, 5.41) is 0. The van der Waals surface area contributed by atoms with Gasteiger partial charge in [0.15, 0.2) is 0 Å². The summed E-state index contributed by atoms with van der Waals surface area (Å²) in [7, 11) is -3.55. The van der Waals surface area contributed by atoms with Gasteiger partial charge < -0.3 is 0 Å². The molecule has 0 fully saturated rings. The highest BCUT2D eigenvalue weighted by Gasteiger charge is 2.17. The molecule has 2 heterocycles. The van der Waals surface area contributed by atoms with E-state index in [9.17, 15) is 8.42 Å². The van der Waals surface area contributed by atoms with E-state index in [1.165, 1.54) is 21.6 Å². The van der Waals surface area contributed by atoms with Crippen molar-refractivity contribution in [1.29, 1.82) is 0 Å². The molecule has 0 aliphatic heterocycles. The number of sulfonamides is 1. The Morgan fingerprint density at radius 2 is 1.73 bits per heavy atom. The molecule has 3 rings (SSSR count). The summed E-state index contributed by atoms with van der Waals surface area (Å²) in [6.07, 6.45) is 4.29. The molecule has 1 aromatic carbocycles. The summed E-state index contributed by atoms with van der Waals surface area (Å²) < 4.78 is 26.4. The number of aryl methyl sites for hydroxylation is 1. The molecule has 22 heavy (non-hydrogen) atoms. The van der Waals surface area contributed by atoms with E-state index in [1.54, 1.807) is 30.6 Å². The third kappa shape index (κ3) is 3.08. The lowest BCUT2D eigenvalue weighted by Crippen LogP contribution is -2.20. The predicted octanol–water partition coefficient (Wildman–Crippen LogP) is 3.71. The lowest BCUT2D eigenvalue weighted by Gasteiger charge is -2.06. The second-order valence-corrected chi connectivity index (χ2v) is 7.83. The van der Waals surface area contributed by atoms with E-state index in [0.29, 0.717) is 4.21 Å². The summed E-state index contributed by atoms with van der Waals surface area (Å²) in [6.45, 7) is 2.11. The molecule has 114 valence electrons. The van der Waals surface area contributed by atoms with Crippen molar-refractivity contribution < 1.29 is 8.42 Å². The molecule has 0 saturated carbocycles. The van der Waals surface area contributed by atoms with E-state index in [-0.39, 0.29) is 0 Å². The Bertz CT molecular complexity index is 848. The van der Waals surface area contributed by atoms with Gasteiger partial charge in [-0.2, -0.15) is 8.42 Å². The zero-order valence-electron chi connectivity index (χ0n) is 12.1. The Morgan fingerprint density at radius 1 is 1.05 bits per heavy atom. The Labute approximate surface area is 134 Å².